The highest BCUT2D eigenvalue weighted by Crippen LogP contribution is 2.25. The predicted octanol–water partition coefficient (Wildman–Crippen LogP) is 0.732. The molecular formula is C14H29N3O2S. The maximum atomic E-state index is 12.8. The van der Waals surface area contributed by atoms with Crippen molar-refractivity contribution in [3.05, 3.63) is 0 Å². The normalized spacial score (nSPS) is 31.9. The van der Waals surface area contributed by atoms with Crippen LogP contribution in [0.4, 0.5) is 0 Å². The molecule has 1 unspecified atom stereocenters. The summed E-state index contributed by atoms with van der Waals surface area (Å²) in [6.07, 6.45) is 2.34. The van der Waals surface area contributed by atoms with Gasteiger partial charge in [-0.3, -0.25) is 0 Å². The first kappa shape index (κ1) is 16.2. The average Bonchev–Trinajstić information content (AvgIpc) is 2.50. The van der Waals surface area contributed by atoms with E-state index in [4.69, 9.17) is 0 Å². The van der Waals surface area contributed by atoms with Crippen molar-refractivity contribution in [2.24, 2.45) is 5.92 Å². The van der Waals surface area contributed by atoms with Crippen molar-refractivity contribution in [2.45, 2.75) is 38.4 Å². The standard InChI is InChI=1S/C14H29N3O2S/c1-4-16-8-5-6-13(10-16)11-17-9-7-15-12-14(2,3)20(17,18)19/h13,15H,4-12H2,1-3H3. The lowest BCUT2D eigenvalue weighted by Gasteiger charge is -2.36. The number of hydrogen-bond donors (Lipinski definition) is 1. The van der Waals surface area contributed by atoms with Crippen LogP contribution in [0.3, 0.4) is 0 Å². The minimum atomic E-state index is -3.21. The third-order valence-corrected chi connectivity index (χ3v) is 7.19. The van der Waals surface area contributed by atoms with Gasteiger partial charge in [0.05, 0.1) is 4.75 Å². The van der Waals surface area contributed by atoms with Crippen molar-refractivity contribution in [1.29, 1.82) is 0 Å². The SMILES string of the molecule is CCN1CCCC(CN2CCNCC(C)(C)S2(=O)=O)C1. The van der Waals surface area contributed by atoms with Crippen molar-refractivity contribution in [3.8, 4) is 0 Å². The Bertz CT molecular complexity index is 422. The van der Waals surface area contributed by atoms with Gasteiger partial charge in [0.25, 0.3) is 0 Å². The van der Waals surface area contributed by atoms with E-state index >= 15 is 0 Å². The second-order valence-corrected chi connectivity index (χ2v) is 9.27. The minimum Gasteiger partial charge on any atom is -0.314 e. The van der Waals surface area contributed by atoms with Gasteiger partial charge in [-0.1, -0.05) is 6.92 Å². The van der Waals surface area contributed by atoms with Gasteiger partial charge in [0.1, 0.15) is 0 Å². The lowest BCUT2D eigenvalue weighted by atomic mass is 9.98. The van der Waals surface area contributed by atoms with E-state index in [9.17, 15) is 8.42 Å². The monoisotopic (exact) mass is 303 g/mol. The molecule has 0 aliphatic carbocycles. The summed E-state index contributed by atoms with van der Waals surface area (Å²) < 4.78 is 26.5. The second kappa shape index (κ2) is 6.30. The Morgan fingerprint density at radius 3 is 2.75 bits per heavy atom. The zero-order valence-corrected chi connectivity index (χ0v) is 13.9. The van der Waals surface area contributed by atoms with Crippen LogP contribution < -0.4 is 5.32 Å². The van der Waals surface area contributed by atoms with Crippen LogP contribution in [0.1, 0.15) is 33.6 Å². The maximum Gasteiger partial charge on any atom is 0.220 e. The highest BCUT2D eigenvalue weighted by atomic mass is 32.2. The summed E-state index contributed by atoms with van der Waals surface area (Å²) in [5.74, 6) is 0.479. The molecular weight excluding hydrogens is 274 g/mol. The van der Waals surface area contributed by atoms with Gasteiger partial charge in [-0.15, -0.1) is 0 Å². The number of sulfonamides is 1. The van der Waals surface area contributed by atoms with E-state index in [2.05, 4.69) is 17.1 Å². The molecule has 0 spiro atoms. The molecule has 1 atom stereocenters. The predicted molar refractivity (Wildman–Crippen MR) is 82.3 cm³/mol. The molecule has 0 amide bonds. The van der Waals surface area contributed by atoms with Gasteiger partial charge in [0.2, 0.25) is 10.0 Å². The molecule has 20 heavy (non-hydrogen) atoms. The zero-order chi connectivity index (χ0) is 14.8. The fourth-order valence-corrected chi connectivity index (χ4v) is 4.94. The summed E-state index contributed by atoms with van der Waals surface area (Å²) in [6.45, 7) is 11.7. The number of rotatable bonds is 3. The van der Waals surface area contributed by atoms with E-state index in [0.717, 1.165) is 32.6 Å². The molecule has 0 aromatic heterocycles. The lowest BCUT2D eigenvalue weighted by Crippen LogP contribution is -2.49. The Hall–Kier alpha value is -0.170. The minimum absolute atomic E-state index is 0.479. The van der Waals surface area contributed by atoms with Crippen LogP contribution in [0, 0.1) is 5.92 Å². The van der Waals surface area contributed by atoms with Gasteiger partial charge in [0.15, 0.2) is 0 Å². The molecule has 2 aliphatic heterocycles. The molecule has 118 valence electrons. The number of piperidine rings is 1. The van der Waals surface area contributed by atoms with Crippen LogP contribution in [-0.2, 0) is 10.0 Å². The zero-order valence-electron chi connectivity index (χ0n) is 13.1. The molecule has 0 radical (unpaired) electrons. The first-order valence-electron chi connectivity index (χ1n) is 7.79. The topological polar surface area (TPSA) is 52.6 Å². The third kappa shape index (κ3) is 3.35. The number of likely N-dealkylation sites (tertiary alicyclic amines) is 1. The van der Waals surface area contributed by atoms with Gasteiger partial charge in [-0.2, -0.15) is 4.31 Å². The molecule has 0 saturated carbocycles. The number of nitrogens with zero attached hydrogens (tertiary/aromatic N) is 2. The van der Waals surface area contributed by atoms with E-state index in [0.29, 0.717) is 25.6 Å². The molecule has 2 aliphatic rings. The molecule has 5 nitrogen and oxygen atoms in total. The van der Waals surface area contributed by atoms with Gasteiger partial charge in [-0.25, -0.2) is 8.42 Å². The van der Waals surface area contributed by atoms with Crippen molar-refractivity contribution in [1.82, 2.24) is 14.5 Å². The Labute approximate surface area is 123 Å². The summed E-state index contributed by atoms with van der Waals surface area (Å²) in [6, 6.07) is 0. The fourth-order valence-electron chi connectivity index (χ4n) is 3.22. The molecule has 2 saturated heterocycles. The molecule has 1 N–H and O–H groups in total. The van der Waals surface area contributed by atoms with Gasteiger partial charge >= 0.3 is 0 Å². The van der Waals surface area contributed by atoms with Crippen LogP contribution in [0.5, 0.6) is 0 Å². The summed E-state index contributed by atoms with van der Waals surface area (Å²) in [5.41, 5.74) is 0. The summed E-state index contributed by atoms with van der Waals surface area (Å²) >= 11 is 0. The summed E-state index contributed by atoms with van der Waals surface area (Å²) in [4.78, 5) is 2.43. The highest BCUT2D eigenvalue weighted by Gasteiger charge is 2.41. The second-order valence-electron chi connectivity index (χ2n) is 6.70. The number of nitrogens with one attached hydrogen (secondary N) is 1. The number of hydrogen-bond acceptors (Lipinski definition) is 4. The molecule has 6 heteroatoms. The Morgan fingerprint density at radius 1 is 1.30 bits per heavy atom. The van der Waals surface area contributed by atoms with Crippen LogP contribution in [0.2, 0.25) is 0 Å². The van der Waals surface area contributed by atoms with Crippen molar-refractivity contribution in [2.75, 3.05) is 45.8 Å². The van der Waals surface area contributed by atoms with Crippen LogP contribution in [-0.4, -0.2) is 68.2 Å². The Kier molecular flexibility index (Phi) is 5.10. The van der Waals surface area contributed by atoms with E-state index in [1.165, 1.54) is 6.42 Å². The smallest absolute Gasteiger partial charge is 0.220 e. The van der Waals surface area contributed by atoms with Gasteiger partial charge in [0, 0.05) is 32.7 Å². The molecule has 0 aromatic rings. The van der Waals surface area contributed by atoms with Gasteiger partial charge in [-0.05, 0) is 45.7 Å². The summed E-state index contributed by atoms with van der Waals surface area (Å²) in [5, 5.41) is 3.25. The lowest BCUT2D eigenvalue weighted by molar-refractivity contribution is 0.164. The van der Waals surface area contributed by atoms with E-state index in [1.807, 2.05) is 13.8 Å². The van der Waals surface area contributed by atoms with Crippen LogP contribution >= 0.6 is 0 Å². The van der Waals surface area contributed by atoms with Crippen molar-refractivity contribution < 1.29 is 8.42 Å². The van der Waals surface area contributed by atoms with E-state index in [-0.39, 0.29) is 0 Å². The van der Waals surface area contributed by atoms with E-state index < -0.39 is 14.8 Å². The first-order valence-corrected chi connectivity index (χ1v) is 9.23. The van der Waals surface area contributed by atoms with Crippen LogP contribution in [0.15, 0.2) is 0 Å². The van der Waals surface area contributed by atoms with E-state index in [1.54, 1.807) is 4.31 Å². The largest absolute Gasteiger partial charge is 0.314 e. The molecule has 2 fully saturated rings. The third-order valence-electron chi connectivity index (χ3n) is 4.64. The molecule has 2 rings (SSSR count). The quantitative estimate of drug-likeness (QED) is 0.835. The first-order chi connectivity index (χ1) is 9.37. The van der Waals surface area contributed by atoms with Crippen molar-refractivity contribution >= 4 is 10.0 Å². The fraction of sp³-hybridized carbons (Fsp3) is 1.00. The Morgan fingerprint density at radius 2 is 2.05 bits per heavy atom. The summed E-state index contributed by atoms with van der Waals surface area (Å²) in [7, 11) is -3.21. The molecule has 0 aromatic carbocycles. The maximum absolute atomic E-state index is 12.8. The highest BCUT2D eigenvalue weighted by molar-refractivity contribution is 7.90. The van der Waals surface area contributed by atoms with Crippen molar-refractivity contribution in [3.63, 3.8) is 0 Å². The van der Waals surface area contributed by atoms with Crippen LogP contribution in [0.25, 0.3) is 0 Å². The molecule has 0 bridgehead atoms. The average molecular weight is 303 g/mol. The Balaban J connectivity index is 2.07. The molecule has 2 heterocycles. The van der Waals surface area contributed by atoms with Gasteiger partial charge < -0.3 is 10.2 Å².